The lowest BCUT2D eigenvalue weighted by Crippen LogP contribution is -2.16. The normalized spacial score (nSPS) is 10.2. The molecule has 0 radical (unpaired) electrons. The molecule has 0 aliphatic carbocycles. The standard InChI is InChI=1S/C19H21N3O5/c1-5-26-15(23)10-27-18-11(2)6-14(7-12(18)3)22-9-13(8-20)16(21)17(22)19(24)25-4/h6-7,9H,5,10,21H2,1-4H3. The zero-order chi connectivity index (χ0) is 20.1. The van der Waals surface area contributed by atoms with E-state index >= 15 is 0 Å². The number of methoxy groups -OCH3 is 1. The van der Waals surface area contributed by atoms with E-state index in [9.17, 15) is 14.9 Å². The molecule has 0 saturated heterocycles. The van der Waals surface area contributed by atoms with E-state index in [1.807, 2.05) is 19.9 Å². The highest BCUT2D eigenvalue weighted by Gasteiger charge is 2.22. The third kappa shape index (κ3) is 4.03. The number of nitrogens with zero attached hydrogens (tertiary/aromatic N) is 2. The zero-order valence-electron chi connectivity index (χ0n) is 15.7. The number of carbonyl (C=O) groups is 2. The van der Waals surface area contributed by atoms with Gasteiger partial charge in [-0.15, -0.1) is 0 Å². The third-order valence-electron chi connectivity index (χ3n) is 3.91. The van der Waals surface area contributed by atoms with Crippen LogP contribution in [0.2, 0.25) is 0 Å². The zero-order valence-corrected chi connectivity index (χ0v) is 15.7. The number of nitrogens with two attached hydrogens (primary N) is 1. The molecule has 0 unspecified atom stereocenters. The van der Waals surface area contributed by atoms with Gasteiger partial charge in [0.05, 0.1) is 25.0 Å². The van der Waals surface area contributed by atoms with Crippen molar-refractivity contribution in [3.63, 3.8) is 0 Å². The van der Waals surface area contributed by atoms with Gasteiger partial charge in [-0.05, 0) is 44.0 Å². The van der Waals surface area contributed by atoms with Crippen molar-refractivity contribution in [3.05, 3.63) is 40.7 Å². The fourth-order valence-corrected chi connectivity index (χ4v) is 2.75. The van der Waals surface area contributed by atoms with Crippen LogP contribution in [-0.4, -0.2) is 36.8 Å². The summed E-state index contributed by atoms with van der Waals surface area (Å²) in [5.74, 6) is -0.552. The first-order chi connectivity index (χ1) is 12.8. The molecule has 2 aromatic rings. The molecule has 0 saturated carbocycles. The lowest BCUT2D eigenvalue weighted by molar-refractivity contribution is -0.145. The van der Waals surface area contributed by atoms with Gasteiger partial charge < -0.3 is 24.5 Å². The number of aromatic nitrogens is 1. The van der Waals surface area contributed by atoms with Crippen LogP contribution in [0, 0.1) is 25.2 Å². The summed E-state index contributed by atoms with van der Waals surface area (Å²) in [7, 11) is 1.24. The first-order valence-corrected chi connectivity index (χ1v) is 8.23. The summed E-state index contributed by atoms with van der Waals surface area (Å²) in [6.45, 7) is 5.43. The van der Waals surface area contributed by atoms with Crippen LogP contribution in [0.25, 0.3) is 5.69 Å². The number of aryl methyl sites for hydroxylation is 2. The van der Waals surface area contributed by atoms with E-state index < -0.39 is 11.9 Å². The van der Waals surface area contributed by atoms with E-state index in [2.05, 4.69) is 0 Å². The van der Waals surface area contributed by atoms with Crippen LogP contribution in [-0.2, 0) is 14.3 Å². The molecule has 1 heterocycles. The molecule has 27 heavy (non-hydrogen) atoms. The third-order valence-corrected chi connectivity index (χ3v) is 3.91. The second-order valence-electron chi connectivity index (χ2n) is 5.78. The van der Waals surface area contributed by atoms with Gasteiger partial charge in [0, 0.05) is 11.9 Å². The molecule has 0 aliphatic heterocycles. The molecule has 0 aliphatic rings. The minimum Gasteiger partial charge on any atom is -0.481 e. The van der Waals surface area contributed by atoms with Crippen molar-refractivity contribution in [1.82, 2.24) is 4.57 Å². The number of hydrogen-bond donors (Lipinski definition) is 1. The summed E-state index contributed by atoms with van der Waals surface area (Å²) in [5.41, 5.74) is 8.34. The van der Waals surface area contributed by atoms with Crippen molar-refractivity contribution in [2.75, 3.05) is 26.1 Å². The SMILES string of the molecule is CCOC(=O)COc1c(C)cc(-n2cc(C#N)c(N)c2C(=O)OC)cc1C. The van der Waals surface area contributed by atoms with Crippen LogP contribution >= 0.6 is 0 Å². The highest BCUT2D eigenvalue weighted by molar-refractivity contribution is 5.96. The first kappa shape index (κ1) is 19.8. The monoisotopic (exact) mass is 371 g/mol. The fraction of sp³-hybridized carbons (Fsp3) is 0.316. The van der Waals surface area contributed by atoms with Gasteiger partial charge in [-0.3, -0.25) is 0 Å². The Morgan fingerprint density at radius 2 is 1.89 bits per heavy atom. The molecule has 0 amide bonds. The van der Waals surface area contributed by atoms with E-state index in [0.717, 1.165) is 11.1 Å². The quantitative estimate of drug-likeness (QED) is 0.774. The summed E-state index contributed by atoms with van der Waals surface area (Å²) in [4.78, 5) is 23.6. The van der Waals surface area contributed by atoms with Gasteiger partial charge >= 0.3 is 11.9 Å². The van der Waals surface area contributed by atoms with Crippen molar-refractivity contribution in [2.45, 2.75) is 20.8 Å². The van der Waals surface area contributed by atoms with Crippen molar-refractivity contribution in [1.29, 1.82) is 5.26 Å². The summed E-state index contributed by atoms with van der Waals surface area (Å²) < 4.78 is 16.7. The maximum atomic E-state index is 12.1. The minimum absolute atomic E-state index is 0.0577. The average Bonchev–Trinajstić information content (AvgIpc) is 2.97. The fourth-order valence-electron chi connectivity index (χ4n) is 2.75. The maximum absolute atomic E-state index is 12.1. The molecule has 0 fully saturated rings. The van der Waals surface area contributed by atoms with E-state index in [-0.39, 0.29) is 30.2 Å². The molecule has 2 rings (SSSR count). The van der Waals surface area contributed by atoms with Crippen LogP contribution in [0.15, 0.2) is 18.3 Å². The average molecular weight is 371 g/mol. The predicted molar refractivity (Wildman–Crippen MR) is 97.8 cm³/mol. The second-order valence-corrected chi connectivity index (χ2v) is 5.78. The maximum Gasteiger partial charge on any atom is 0.357 e. The Morgan fingerprint density at radius 3 is 2.41 bits per heavy atom. The number of ether oxygens (including phenoxy) is 3. The molecule has 0 spiro atoms. The van der Waals surface area contributed by atoms with Gasteiger partial charge in [-0.2, -0.15) is 5.26 Å². The van der Waals surface area contributed by atoms with Crippen LogP contribution < -0.4 is 10.5 Å². The molecule has 2 N–H and O–H groups in total. The Morgan fingerprint density at radius 1 is 1.26 bits per heavy atom. The smallest absolute Gasteiger partial charge is 0.357 e. The largest absolute Gasteiger partial charge is 0.481 e. The molecule has 8 heteroatoms. The van der Waals surface area contributed by atoms with Crippen LogP contribution in [0.3, 0.4) is 0 Å². The van der Waals surface area contributed by atoms with Crippen molar-refractivity contribution >= 4 is 17.6 Å². The van der Waals surface area contributed by atoms with Crippen LogP contribution in [0.1, 0.15) is 34.1 Å². The highest BCUT2D eigenvalue weighted by Crippen LogP contribution is 2.30. The lowest BCUT2D eigenvalue weighted by Gasteiger charge is -2.15. The van der Waals surface area contributed by atoms with Gasteiger partial charge in [0.25, 0.3) is 0 Å². The summed E-state index contributed by atoms with van der Waals surface area (Å²) in [6.07, 6.45) is 1.48. The summed E-state index contributed by atoms with van der Waals surface area (Å²) >= 11 is 0. The van der Waals surface area contributed by atoms with Gasteiger partial charge in [-0.25, -0.2) is 9.59 Å². The van der Waals surface area contributed by atoms with Crippen LogP contribution in [0.4, 0.5) is 5.69 Å². The number of carbonyl (C=O) groups excluding carboxylic acids is 2. The van der Waals surface area contributed by atoms with Gasteiger partial charge in [0.1, 0.15) is 11.8 Å². The molecular formula is C19H21N3O5. The molecule has 0 bridgehead atoms. The molecule has 1 aromatic heterocycles. The first-order valence-electron chi connectivity index (χ1n) is 8.23. The number of anilines is 1. The number of rotatable bonds is 6. The second kappa shape index (κ2) is 8.27. The van der Waals surface area contributed by atoms with Crippen LogP contribution in [0.5, 0.6) is 5.75 Å². The van der Waals surface area contributed by atoms with Gasteiger partial charge in [0.2, 0.25) is 0 Å². The van der Waals surface area contributed by atoms with E-state index in [0.29, 0.717) is 11.4 Å². The van der Waals surface area contributed by atoms with Crippen molar-refractivity contribution < 1.29 is 23.8 Å². The predicted octanol–water partition coefficient (Wildman–Crippen LogP) is 2.28. The van der Waals surface area contributed by atoms with Crippen molar-refractivity contribution in [2.24, 2.45) is 0 Å². The Balaban J connectivity index is 2.46. The number of esters is 2. The highest BCUT2D eigenvalue weighted by atomic mass is 16.6. The number of hydrogen-bond acceptors (Lipinski definition) is 7. The minimum atomic E-state index is -0.646. The van der Waals surface area contributed by atoms with E-state index in [1.54, 1.807) is 19.1 Å². The Hall–Kier alpha value is -3.47. The summed E-state index contributed by atoms with van der Waals surface area (Å²) in [5, 5.41) is 9.22. The Labute approximate surface area is 157 Å². The van der Waals surface area contributed by atoms with Crippen molar-refractivity contribution in [3.8, 4) is 17.5 Å². The Kier molecular flexibility index (Phi) is 6.08. The molecule has 1 aromatic carbocycles. The number of nitrogen functional groups attached to an aromatic ring is 1. The topological polar surface area (TPSA) is 117 Å². The summed E-state index contributed by atoms with van der Waals surface area (Å²) in [6, 6.07) is 5.49. The van der Waals surface area contributed by atoms with Gasteiger partial charge in [0.15, 0.2) is 12.3 Å². The number of nitriles is 1. The number of benzene rings is 1. The molecule has 8 nitrogen and oxygen atoms in total. The molecular weight excluding hydrogens is 350 g/mol. The molecule has 142 valence electrons. The molecule has 0 atom stereocenters. The Bertz CT molecular complexity index is 901. The van der Waals surface area contributed by atoms with E-state index in [4.69, 9.17) is 19.9 Å². The lowest BCUT2D eigenvalue weighted by atomic mass is 10.1. The van der Waals surface area contributed by atoms with Gasteiger partial charge in [-0.1, -0.05) is 0 Å². The van der Waals surface area contributed by atoms with E-state index in [1.165, 1.54) is 17.9 Å².